The molecule has 1 unspecified atom stereocenters. The van der Waals surface area contributed by atoms with Crippen LogP contribution in [0.2, 0.25) is 5.02 Å². The minimum Gasteiger partial charge on any atom is -0.318 e. The molecule has 1 fully saturated rings. The van der Waals surface area contributed by atoms with Gasteiger partial charge in [0.05, 0.1) is 16.7 Å². The SMILES string of the molecule is CNCC1CCCN1S(=O)(=O)c1ccc(C#N)cc1Cl.Cl. The Bertz CT molecular complexity index is 643. The molecule has 1 aliphatic heterocycles. The summed E-state index contributed by atoms with van der Waals surface area (Å²) in [6, 6.07) is 6.17. The molecule has 8 heteroatoms. The standard InChI is InChI=1S/C13H16ClN3O2S.ClH/c1-16-9-11-3-2-6-17(11)20(18,19)13-5-4-10(8-15)7-12(13)14;/h4-5,7,11,16H,2-3,6,9H2,1H3;1H. The smallest absolute Gasteiger partial charge is 0.244 e. The van der Waals surface area contributed by atoms with Crippen LogP contribution in [-0.2, 0) is 10.0 Å². The molecule has 116 valence electrons. The fourth-order valence-electron chi connectivity index (χ4n) is 2.47. The Labute approximate surface area is 136 Å². The van der Waals surface area contributed by atoms with E-state index in [-0.39, 0.29) is 28.4 Å². The lowest BCUT2D eigenvalue weighted by Gasteiger charge is -2.24. The summed E-state index contributed by atoms with van der Waals surface area (Å²) in [6.45, 7) is 1.12. The number of hydrogen-bond donors (Lipinski definition) is 1. The number of likely N-dealkylation sites (N-methyl/N-ethyl adjacent to an activating group) is 1. The number of sulfonamides is 1. The first-order valence-corrected chi connectivity index (χ1v) is 8.18. The van der Waals surface area contributed by atoms with Crippen LogP contribution in [-0.4, -0.2) is 38.9 Å². The van der Waals surface area contributed by atoms with Crippen molar-refractivity contribution >= 4 is 34.0 Å². The molecule has 1 N–H and O–H groups in total. The first-order chi connectivity index (χ1) is 9.50. The lowest BCUT2D eigenvalue weighted by Crippen LogP contribution is -2.40. The molecule has 1 aromatic carbocycles. The zero-order valence-corrected chi connectivity index (χ0v) is 13.9. The van der Waals surface area contributed by atoms with Crippen molar-refractivity contribution in [2.45, 2.75) is 23.8 Å². The van der Waals surface area contributed by atoms with Crippen LogP contribution in [0.15, 0.2) is 23.1 Å². The minimum absolute atomic E-state index is 0. The quantitative estimate of drug-likeness (QED) is 0.902. The molecular weight excluding hydrogens is 333 g/mol. The van der Waals surface area contributed by atoms with Gasteiger partial charge in [0.1, 0.15) is 4.90 Å². The Hall–Kier alpha value is -0.840. The number of halogens is 2. The number of benzene rings is 1. The van der Waals surface area contributed by atoms with Gasteiger partial charge >= 0.3 is 0 Å². The van der Waals surface area contributed by atoms with Gasteiger partial charge in [-0.1, -0.05) is 11.6 Å². The normalized spacial score (nSPS) is 19.0. The fourth-order valence-corrected chi connectivity index (χ4v) is 4.68. The van der Waals surface area contributed by atoms with Crippen LogP contribution in [0.25, 0.3) is 0 Å². The lowest BCUT2D eigenvalue weighted by molar-refractivity contribution is 0.379. The van der Waals surface area contributed by atoms with Crippen molar-refractivity contribution in [2.24, 2.45) is 0 Å². The summed E-state index contributed by atoms with van der Waals surface area (Å²) in [5, 5.41) is 11.9. The van der Waals surface area contributed by atoms with E-state index in [0.717, 1.165) is 12.8 Å². The van der Waals surface area contributed by atoms with Crippen molar-refractivity contribution in [3.63, 3.8) is 0 Å². The molecule has 1 heterocycles. The molecule has 21 heavy (non-hydrogen) atoms. The molecule has 0 amide bonds. The van der Waals surface area contributed by atoms with Gasteiger partial charge in [-0.05, 0) is 38.1 Å². The largest absolute Gasteiger partial charge is 0.318 e. The highest BCUT2D eigenvalue weighted by atomic mass is 35.5. The zero-order valence-electron chi connectivity index (χ0n) is 11.5. The highest BCUT2D eigenvalue weighted by Crippen LogP contribution is 2.30. The van der Waals surface area contributed by atoms with Crippen molar-refractivity contribution in [3.05, 3.63) is 28.8 Å². The maximum Gasteiger partial charge on any atom is 0.244 e. The number of rotatable bonds is 4. The molecule has 0 radical (unpaired) electrons. The zero-order chi connectivity index (χ0) is 14.8. The van der Waals surface area contributed by atoms with Crippen molar-refractivity contribution in [1.29, 1.82) is 5.26 Å². The first-order valence-electron chi connectivity index (χ1n) is 6.37. The Morgan fingerprint density at radius 3 is 2.81 bits per heavy atom. The van der Waals surface area contributed by atoms with Crippen LogP contribution in [0.3, 0.4) is 0 Å². The predicted octanol–water partition coefficient (Wildman–Crippen LogP) is 2.01. The molecule has 1 aromatic rings. The van der Waals surface area contributed by atoms with Crippen molar-refractivity contribution in [3.8, 4) is 6.07 Å². The van der Waals surface area contributed by atoms with Gasteiger partial charge in [-0.2, -0.15) is 9.57 Å². The van der Waals surface area contributed by atoms with E-state index in [1.807, 2.05) is 6.07 Å². The van der Waals surface area contributed by atoms with E-state index in [1.165, 1.54) is 22.5 Å². The van der Waals surface area contributed by atoms with E-state index in [2.05, 4.69) is 5.32 Å². The van der Waals surface area contributed by atoms with Crippen LogP contribution in [0.4, 0.5) is 0 Å². The molecule has 0 aliphatic carbocycles. The molecule has 2 rings (SSSR count). The summed E-state index contributed by atoms with van der Waals surface area (Å²) in [7, 11) is -1.81. The van der Waals surface area contributed by atoms with Gasteiger partial charge in [0.2, 0.25) is 10.0 Å². The molecule has 1 atom stereocenters. The molecular formula is C13H17Cl2N3O2S. The molecule has 1 saturated heterocycles. The highest BCUT2D eigenvalue weighted by Gasteiger charge is 2.35. The van der Waals surface area contributed by atoms with Gasteiger partial charge in [0, 0.05) is 19.1 Å². The second-order valence-electron chi connectivity index (χ2n) is 4.73. The van der Waals surface area contributed by atoms with E-state index >= 15 is 0 Å². The van der Waals surface area contributed by atoms with E-state index < -0.39 is 10.0 Å². The molecule has 0 bridgehead atoms. The second kappa shape index (κ2) is 7.43. The minimum atomic E-state index is -3.61. The predicted molar refractivity (Wildman–Crippen MR) is 84.3 cm³/mol. The van der Waals surface area contributed by atoms with Gasteiger partial charge in [-0.25, -0.2) is 8.42 Å². The average Bonchev–Trinajstić information content (AvgIpc) is 2.87. The summed E-state index contributed by atoms with van der Waals surface area (Å²) in [4.78, 5) is 0.0705. The van der Waals surface area contributed by atoms with Crippen LogP contribution in [0, 0.1) is 11.3 Å². The average molecular weight is 350 g/mol. The maximum atomic E-state index is 12.7. The number of nitrogens with zero attached hydrogens (tertiary/aromatic N) is 2. The molecule has 0 spiro atoms. The summed E-state index contributed by atoms with van der Waals surface area (Å²) in [5.74, 6) is 0. The number of nitrogens with one attached hydrogen (secondary N) is 1. The number of hydrogen-bond acceptors (Lipinski definition) is 4. The van der Waals surface area contributed by atoms with Gasteiger partial charge < -0.3 is 5.32 Å². The van der Waals surface area contributed by atoms with E-state index in [9.17, 15) is 8.42 Å². The Balaban J connectivity index is 0.00000220. The van der Waals surface area contributed by atoms with Crippen LogP contribution < -0.4 is 5.32 Å². The van der Waals surface area contributed by atoms with Gasteiger partial charge in [-0.15, -0.1) is 12.4 Å². The first kappa shape index (κ1) is 18.2. The van der Waals surface area contributed by atoms with Crippen LogP contribution in [0.5, 0.6) is 0 Å². The van der Waals surface area contributed by atoms with E-state index in [1.54, 1.807) is 7.05 Å². The summed E-state index contributed by atoms with van der Waals surface area (Å²) < 4.78 is 26.8. The van der Waals surface area contributed by atoms with E-state index in [4.69, 9.17) is 16.9 Å². The Morgan fingerprint density at radius 2 is 2.24 bits per heavy atom. The summed E-state index contributed by atoms with van der Waals surface area (Å²) in [5.41, 5.74) is 0.349. The van der Waals surface area contributed by atoms with Crippen molar-refractivity contribution < 1.29 is 8.42 Å². The van der Waals surface area contributed by atoms with Gasteiger partial charge in [0.15, 0.2) is 0 Å². The third kappa shape index (κ3) is 3.68. The fraction of sp³-hybridized carbons (Fsp3) is 0.462. The maximum absolute atomic E-state index is 12.7. The topological polar surface area (TPSA) is 73.2 Å². The molecule has 0 saturated carbocycles. The monoisotopic (exact) mass is 349 g/mol. The lowest BCUT2D eigenvalue weighted by atomic mass is 10.2. The molecule has 5 nitrogen and oxygen atoms in total. The Kier molecular flexibility index (Phi) is 6.44. The van der Waals surface area contributed by atoms with E-state index in [0.29, 0.717) is 18.7 Å². The molecule has 0 aromatic heterocycles. The summed E-state index contributed by atoms with van der Waals surface area (Å²) >= 11 is 6.02. The Morgan fingerprint density at radius 1 is 1.52 bits per heavy atom. The van der Waals surface area contributed by atoms with Crippen LogP contribution >= 0.6 is 24.0 Å². The third-order valence-corrected chi connectivity index (χ3v) is 5.85. The second-order valence-corrected chi connectivity index (χ2v) is 6.99. The van der Waals surface area contributed by atoms with Gasteiger partial charge in [0.25, 0.3) is 0 Å². The van der Waals surface area contributed by atoms with Crippen molar-refractivity contribution in [1.82, 2.24) is 9.62 Å². The molecule has 1 aliphatic rings. The van der Waals surface area contributed by atoms with Crippen molar-refractivity contribution in [2.75, 3.05) is 20.1 Å². The van der Waals surface area contributed by atoms with Gasteiger partial charge in [-0.3, -0.25) is 0 Å². The third-order valence-electron chi connectivity index (χ3n) is 3.41. The number of nitriles is 1. The highest BCUT2D eigenvalue weighted by molar-refractivity contribution is 7.89. The van der Waals surface area contributed by atoms with Crippen LogP contribution in [0.1, 0.15) is 18.4 Å². The summed E-state index contributed by atoms with van der Waals surface area (Å²) in [6.07, 6.45) is 1.69.